The first-order valence-corrected chi connectivity index (χ1v) is 5.89. The molecule has 0 atom stereocenters. The van der Waals surface area contributed by atoms with Crippen molar-refractivity contribution in [2.75, 3.05) is 20.2 Å². The maximum absolute atomic E-state index is 11.6. The molecule has 7 heteroatoms. The predicted octanol–water partition coefficient (Wildman–Crippen LogP) is -0.445. The summed E-state index contributed by atoms with van der Waals surface area (Å²) in [5.74, 6) is -1.37. The minimum Gasteiger partial charge on any atom is -0.497 e. The van der Waals surface area contributed by atoms with Crippen molar-refractivity contribution in [1.29, 1.82) is 0 Å². The third-order valence-corrected chi connectivity index (χ3v) is 2.38. The number of nitrogens with one attached hydrogen (secondary N) is 2. The van der Waals surface area contributed by atoms with Gasteiger partial charge >= 0.3 is 5.97 Å². The zero-order valence-corrected chi connectivity index (χ0v) is 11.0. The molecule has 0 spiro atoms. The topological polar surface area (TPSA) is 105 Å². The van der Waals surface area contributed by atoms with Gasteiger partial charge in [0.1, 0.15) is 12.3 Å². The second-order valence-corrected chi connectivity index (χ2v) is 3.98. The van der Waals surface area contributed by atoms with Crippen LogP contribution in [0.4, 0.5) is 0 Å². The van der Waals surface area contributed by atoms with Gasteiger partial charge in [0.05, 0.1) is 20.1 Å². The van der Waals surface area contributed by atoms with Crippen LogP contribution in [0.5, 0.6) is 5.75 Å². The van der Waals surface area contributed by atoms with Crippen molar-refractivity contribution in [1.82, 2.24) is 10.6 Å². The standard InChI is InChI=1S/C13H16N2O5/c1-20-10-4-2-3-9(5-10)6-11(16)14-7-12(17)15-8-13(18)19/h2-5H,6-8H2,1H3,(H,14,16)(H,15,17)(H,18,19). The number of ether oxygens (including phenoxy) is 1. The molecule has 0 fully saturated rings. The summed E-state index contributed by atoms with van der Waals surface area (Å²) in [7, 11) is 1.53. The summed E-state index contributed by atoms with van der Waals surface area (Å²) >= 11 is 0. The molecule has 2 amide bonds. The zero-order valence-electron chi connectivity index (χ0n) is 11.0. The lowest BCUT2D eigenvalue weighted by Crippen LogP contribution is -2.39. The molecular weight excluding hydrogens is 264 g/mol. The highest BCUT2D eigenvalue weighted by atomic mass is 16.5. The molecule has 108 valence electrons. The number of benzene rings is 1. The Kier molecular flexibility index (Phi) is 6.02. The normalized spacial score (nSPS) is 9.65. The highest BCUT2D eigenvalue weighted by Crippen LogP contribution is 2.12. The Balaban J connectivity index is 2.36. The number of hydrogen-bond donors (Lipinski definition) is 3. The second kappa shape index (κ2) is 7.78. The first-order valence-electron chi connectivity index (χ1n) is 5.89. The van der Waals surface area contributed by atoms with Crippen LogP contribution in [-0.4, -0.2) is 43.1 Å². The van der Waals surface area contributed by atoms with Crippen LogP contribution in [0.15, 0.2) is 24.3 Å². The SMILES string of the molecule is COc1cccc(CC(=O)NCC(=O)NCC(=O)O)c1. The molecule has 1 aromatic rings. The molecule has 20 heavy (non-hydrogen) atoms. The van der Waals surface area contributed by atoms with Crippen LogP contribution < -0.4 is 15.4 Å². The Morgan fingerprint density at radius 3 is 2.50 bits per heavy atom. The molecule has 1 aromatic carbocycles. The summed E-state index contributed by atoms with van der Waals surface area (Å²) < 4.78 is 5.04. The minimum atomic E-state index is -1.14. The average Bonchev–Trinajstić information content (AvgIpc) is 2.43. The lowest BCUT2D eigenvalue weighted by atomic mass is 10.1. The third-order valence-electron chi connectivity index (χ3n) is 2.38. The summed E-state index contributed by atoms with van der Waals surface area (Å²) in [6.45, 7) is -0.722. The molecule has 0 aliphatic rings. The summed E-state index contributed by atoms with van der Waals surface area (Å²) in [5, 5.41) is 12.9. The molecule has 3 N–H and O–H groups in total. The Hall–Kier alpha value is -2.57. The molecule has 0 aromatic heterocycles. The average molecular weight is 280 g/mol. The van der Waals surface area contributed by atoms with Gasteiger partial charge in [0.2, 0.25) is 11.8 Å². The number of rotatable bonds is 7. The van der Waals surface area contributed by atoms with E-state index in [-0.39, 0.29) is 18.9 Å². The van der Waals surface area contributed by atoms with Crippen LogP contribution in [0, 0.1) is 0 Å². The molecule has 1 rings (SSSR count). The van der Waals surface area contributed by atoms with E-state index in [2.05, 4.69) is 10.6 Å². The van der Waals surface area contributed by atoms with Gasteiger partial charge in [0, 0.05) is 0 Å². The fourth-order valence-electron chi connectivity index (χ4n) is 1.45. The fraction of sp³-hybridized carbons (Fsp3) is 0.308. The second-order valence-electron chi connectivity index (χ2n) is 3.98. The maximum atomic E-state index is 11.6. The number of methoxy groups -OCH3 is 1. The number of carboxylic acids is 1. The van der Waals surface area contributed by atoms with Crippen molar-refractivity contribution in [2.24, 2.45) is 0 Å². The summed E-state index contributed by atoms with van der Waals surface area (Å²) in [4.78, 5) is 33.0. The van der Waals surface area contributed by atoms with Crippen LogP contribution in [0.2, 0.25) is 0 Å². The Morgan fingerprint density at radius 1 is 1.15 bits per heavy atom. The van der Waals surface area contributed by atoms with Crippen LogP contribution in [0.1, 0.15) is 5.56 Å². The largest absolute Gasteiger partial charge is 0.497 e. The van der Waals surface area contributed by atoms with Crippen LogP contribution in [-0.2, 0) is 20.8 Å². The van der Waals surface area contributed by atoms with E-state index in [0.717, 1.165) is 5.56 Å². The molecule has 0 radical (unpaired) electrons. The van der Waals surface area contributed by atoms with E-state index in [1.54, 1.807) is 24.3 Å². The number of aliphatic carboxylic acids is 1. The van der Waals surface area contributed by atoms with Gasteiger partial charge in [-0.1, -0.05) is 12.1 Å². The molecule has 0 aliphatic heterocycles. The van der Waals surface area contributed by atoms with E-state index < -0.39 is 18.4 Å². The van der Waals surface area contributed by atoms with E-state index in [4.69, 9.17) is 9.84 Å². The molecule has 0 saturated heterocycles. The molecule has 0 saturated carbocycles. The van der Waals surface area contributed by atoms with E-state index in [9.17, 15) is 14.4 Å². The lowest BCUT2D eigenvalue weighted by Gasteiger charge is -2.06. The summed E-state index contributed by atoms with van der Waals surface area (Å²) in [5.41, 5.74) is 0.757. The molecule has 0 heterocycles. The summed E-state index contributed by atoms with van der Waals surface area (Å²) in [6, 6.07) is 7.03. The van der Waals surface area contributed by atoms with Crippen molar-refractivity contribution < 1.29 is 24.2 Å². The van der Waals surface area contributed by atoms with Crippen molar-refractivity contribution in [3.8, 4) is 5.75 Å². The molecule has 0 aliphatic carbocycles. The lowest BCUT2D eigenvalue weighted by molar-refractivity contribution is -0.137. The van der Waals surface area contributed by atoms with Crippen LogP contribution >= 0.6 is 0 Å². The Labute approximate surface area is 115 Å². The highest BCUT2D eigenvalue weighted by molar-refractivity contribution is 5.87. The number of carbonyl (C=O) groups excluding carboxylic acids is 2. The van der Waals surface area contributed by atoms with Crippen LogP contribution in [0.25, 0.3) is 0 Å². The number of carbonyl (C=O) groups is 3. The maximum Gasteiger partial charge on any atom is 0.322 e. The monoisotopic (exact) mass is 280 g/mol. The van der Waals surface area contributed by atoms with Gasteiger partial charge in [-0.15, -0.1) is 0 Å². The first kappa shape index (κ1) is 15.5. The van der Waals surface area contributed by atoms with Gasteiger partial charge < -0.3 is 20.5 Å². The predicted molar refractivity (Wildman–Crippen MR) is 70.4 cm³/mol. The van der Waals surface area contributed by atoms with Crippen molar-refractivity contribution in [2.45, 2.75) is 6.42 Å². The number of amides is 2. The Morgan fingerprint density at radius 2 is 1.85 bits per heavy atom. The van der Waals surface area contributed by atoms with E-state index in [1.807, 2.05) is 0 Å². The molecular formula is C13H16N2O5. The summed E-state index contributed by atoms with van der Waals surface area (Å²) in [6.07, 6.45) is 0.114. The van der Waals surface area contributed by atoms with Gasteiger partial charge in [-0.2, -0.15) is 0 Å². The third kappa shape index (κ3) is 5.85. The minimum absolute atomic E-state index is 0.114. The van der Waals surface area contributed by atoms with Gasteiger partial charge in [-0.05, 0) is 17.7 Å². The quantitative estimate of drug-likeness (QED) is 0.627. The molecule has 0 bridgehead atoms. The van der Waals surface area contributed by atoms with Gasteiger partial charge in [-0.25, -0.2) is 0 Å². The number of carboxylic acid groups (broad SMARTS) is 1. The van der Waals surface area contributed by atoms with Gasteiger partial charge in [-0.3, -0.25) is 14.4 Å². The van der Waals surface area contributed by atoms with E-state index in [0.29, 0.717) is 5.75 Å². The van der Waals surface area contributed by atoms with Gasteiger partial charge in [0.25, 0.3) is 0 Å². The molecule has 0 unspecified atom stereocenters. The highest BCUT2D eigenvalue weighted by Gasteiger charge is 2.08. The molecule has 7 nitrogen and oxygen atoms in total. The van der Waals surface area contributed by atoms with E-state index >= 15 is 0 Å². The first-order chi connectivity index (χ1) is 9.51. The van der Waals surface area contributed by atoms with Crippen LogP contribution in [0.3, 0.4) is 0 Å². The van der Waals surface area contributed by atoms with Gasteiger partial charge in [0.15, 0.2) is 0 Å². The number of hydrogen-bond acceptors (Lipinski definition) is 4. The van der Waals surface area contributed by atoms with Crippen molar-refractivity contribution in [3.63, 3.8) is 0 Å². The van der Waals surface area contributed by atoms with Crippen molar-refractivity contribution >= 4 is 17.8 Å². The van der Waals surface area contributed by atoms with E-state index in [1.165, 1.54) is 7.11 Å². The Bertz CT molecular complexity index is 501. The fourth-order valence-corrected chi connectivity index (χ4v) is 1.45. The smallest absolute Gasteiger partial charge is 0.322 e. The zero-order chi connectivity index (χ0) is 15.0. The van der Waals surface area contributed by atoms with Crippen molar-refractivity contribution in [3.05, 3.63) is 29.8 Å².